The molecule has 0 aliphatic heterocycles. The lowest BCUT2D eigenvalue weighted by atomic mass is 9.83. The highest BCUT2D eigenvalue weighted by molar-refractivity contribution is 7.19. The number of halogens is 1. The van der Waals surface area contributed by atoms with Crippen molar-refractivity contribution in [1.29, 1.82) is 0 Å². The van der Waals surface area contributed by atoms with Crippen LogP contribution in [0, 0.1) is 5.82 Å². The van der Waals surface area contributed by atoms with Gasteiger partial charge < -0.3 is 14.7 Å². The van der Waals surface area contributed by atoms with Gasteiger partial charge in [0.15, 0.2) is 0 Å². The van der Waals surface area contributed by atoms with Gasteiger partial charge in [-0.2, -0.15) is 0 Å². The smallest absolute Gasteiger partial charge is 0.333 e. The molecule has 127 valence electrons. The summed E-state index contributed by atoms with van der Waals surface area (Å²) in [7, 11) is 5.66. The number of hydrogen-bond acceptors (Lipinski definition) is 3. The van der Waals surface area contributed by atoms with Crippen LogP contribution in [-0.2, 0) is 4.65 Å². The van der Waals surface area contributed by atoms with Crippen LogP contribution in [0.15, 0.2) is 18.2 Å². The molecule has 7 heteroatoms. The second-order valence-electron chi connectivity index (χ2n) is 6.65. The third-order valence-corrected chi connectivity index (χ3v) is 4.76. The molecule has 1 aromatic carbocycles. The van der Waals surface area contributed by atoms with E-state index < -0.39 is 11.4 Å². The van der Waals surface area contributed by atoms with Gasteiger partial charge in [-0.3, -0.25) is 4.79 Å². The Morgan fingerprint density at radius 2 is 2.00 bits per heavy atom. The molecule has 0 saturated heterocycles. The highest BCUT2D eigenvalue weighted by Crippen LogP contribution is 2.33. The minimum absolute atomic E-state index is 0.135. The van der Waals surface area contributed by atoms with Crippen LogP contribution in [-0.4, -0.2) is 54.4 Å². The highest BCUT2D eigenvalue weighted by Gasteiger charge is 2.34. The number of nitrogens with zero attached hydrogens (tertiary/aromatic N) is 1. The molecule has 0 saturated carbocycles. The summed E-state index contributed by atoms with van der Waals surface area (Å²) in [6, 6.07) is 4.25. The van der Waals surface area contributed by atoms with Crippen molar-refractivity contribution in [2.45, 2.75) is 38.5 Å². The van der Waals surface area contributed by atoms with Crippen molar-refractivity contribution in [3.05, 3.63) is 29.6 Å². The van der Waals surface area contributed by atoms with Gasteiger partial charge in [-0.15, -0.1) is 9.24 Å². The number of aliphatic hydroxyl groups is 1. The molecule has 1 rings (SSSR count). The standard InChI is InChI=1S/C16H25BFNO3P/c1-15(2,16(3,4)23)22-17-12-7-6-11(10-13(12)18)14(21)19(5)8-9-20/h6-7,10,20H,8-9,23H2,1-5H3. The number of hydrogen-bond donors (Lipinski definition) is 1. The number of carbonyl (C=O) groups is 1. The second kappa shape index (κ2) is 7.74. The first-order valence-electron chi connectivity index (χ1n) is 7.45. The zero-order valence-corrected chi connectivity index (χ0v) is 15.5. The van der Waals surface area contributed by atoms with Crippen molar-refractivity contribution < 1.29 is 18.9 Å². The third kappa shape index (κ3) is 5.27. The third-order valence-electron chi connectivity index (χ3n) is 4.06. The second-order valence-corrected chi connectivity index (χ2v) is 8.10. The summed E-state index contributed by atoms with van der Waals surface area (Å²) in [5.74, 6) is -0.859. The molecular weight excluding hydrogens is 315 g/mol. The predicted octanol–water partition coefficient (Wildman–Crippen LogP) is 1.58. The Hall–Kier alpha value is -0.965. The van der Waals surface area contributed by atoms with E-state index in [2.05, 4.69) is 9.24 Å². The highest BCUT2D eigenvalue weighted by atomic mass is 31.0. The Labute approximate surface area is 140 Å². The molecule has 1 radical (unpaired) electrons. The quantitative estimate of drug-likeness (QED) is 0.606. The van der Waals surface area contributed by atoms with E-state index in [4.69, 9.17) is 9.76 Å². The van der Waals surface area contributed by atoms with Crippen LogP contribution in [0.25, 0.3) is 0 Å². The van der Waals surface area contributed by atoms with Crippen LogP contribution in [0.4, 0.5) is 4.39 Å². The molecular formula is C16H25BFNO3P. The number of benzene rings is 1. The van der Waals surface area contributed by atoms with Crippen LogP contribution in [0.2, 0.25) is 0 Å². The van der Waals surface area contributed by atoms with Crippen LogP contribution < -0.4 is 5.46 Å². The first kappa shape index (κ1) is 20.1. The summed E-state index contributed by atoms with van der Waals surface area (Å²) in [6.07, 6.45) is 0. The number of aliphatic hydroxyl groups excluding tert-OH is 1. The number of rotatable bonds is 7. The maximum Gasteiger partial charge on any atom is 0.333 e. The summed E-state index contributed by atoms with van der Waals surface area (Å²) in [5.41, 5.74) is 0.0230. The van der Waals surface area contributed by atoms with Gasteiger partial charge in [0.05, 0.1) is 12.2 Å². The Morgan fingerprint density at radius 1 is 1.39 bits per heavy atom. The molecule has 1 aromatic rings. The molecule has 0 heterocycles. The number of amides is 1. The largest absolute Gasteiger partial charge is 0.429 e. The van der Waals surface area contributed by atoms with Gasteiger partial charge in [-0.05, 0) is 31.4 Å². The Balaban J connectivity index is 2.83. The van der Waals surface area contributed by atoms with Crippen molar-refractivity contribution >= 4 is 28.1 Å². The average Bonchev–Trinajstić information content (AvgIpc) is 2.44. The molecule has 1 atom stereocenters. The first-order valence-corrected chi connectivity index (χ1v) is 8.03. The lowest BCUT2D eigenvalue weighted by Crippen LogP contribution is -2.45. The van der Waals surface area contributed by atoms with E-state index in [1.165, 1.54) is 24.5 Å². The molecule has 0 aliphatic rings. The molecule has 1 N–H and O–H groups in total. The van der Waals surface area contributed by atoms with Crippen molar-refractivity contribution in [3.63, 3.8) is 0 Å². The van der Waals surface area contributed by atoms with Gasteiger partial charge in [0.1, 0.15) is 5.82 Å². The minimum atomic E-state index is -0.523. The molecule has 0 aliphatic carbocycles. The topological polar surface area (TPSA) is 49.8 Å². The molecule has 0 aromatic heterocycles. The SMILES string of the molecule is CN(CCO)C(=O)c1ccc([B]OC(C)(C)C(C)(C)P)c(F)c1. The molecule has 4 nitrogen and oxygen atoms in total. The van der Waals surface area contributed by atoms with Crippen LogP contribution in [0.3, 0.4) is 0 Å². The maximum atomic E-state index is 14.2. The van der Waals surface area contributed by atoms with Crippen molar-refractivity contribution in [2.24, 2.45) is 0 Å². The van der Waals surface area contributed by atoms with E-state index in [9.17, 15) is 9.18 Å². The first-order chi connectivity index (χ1) is 10.5. The Morgan fingerprint density at radius 3 is 2.48 bits per heavy atom. The average molecular weight is 340 g/mol. The van der Waals surface area contributed by atoms with E-state index in [0.29, 0.717) is 0 Å². The van der Waals surface area contributed by atoms with E-state index in [1.807, 2.05) is 27.7 Å². The van der Waals surface area contributed by atoms with Crippen LogP contribution in [0.5, 0.6) is 0 Å². The van der Waals surface area contributed by atoms with Gasteiger partial charge in [0.25, 0.3) is 5.91 Å². The molecule has 0 fully saturated rings. The fourth-order valence-corrected chi connectivity index (χ4v) is 1.66. The van der Waals surface area contributed by atoms with Gasteiger partial charge in [0, 0.05) is 24.3 Å². The Kier molecular flexibility index (Phi) is 6.75. The number of likely N-dealkylation sites (N-methyl/N-ethyl adjacent to an activating group) is 1. The predicted molar refractivity (Wildman–Crippen MR) is 94.8 cm³/mol. The lowest BCUT2D eigenvalue weighted by molar-refractivity contribution is 0.0766. The van der Waals surface area contributed by atoms with Crippen LogP contribution in [0.1, 0.15) is 38.1 Å². The zero-order chi connectivity index (χ0) is 17.8. The van der Waals surface area contributed by atoms with E-state index >= 15 is 0 Å². The van der Waals surface area contributed by atoms with Crippen LogP contribution >= 0.6 is 9.24 Å². The van der Waals surface area contributed by atoms with Gasteiger partial charge in [0.2, 0.25) is 0 Å². The lowest BCUT2D eigenvalue weighted by Gasteiger charge is -2.39. The molecule has 0 bridgehead atoms. The maximum absolute atomic E-state index is 14.2. The fourth-order valence-electron chi connectivity index (χ4n) is 1.59. The summed E-state index contributed by atoms with van der Waals surface area (Å²) in [5, 5.41) is 8.66. The normalized spacial score (nSPS) is 12.2. The summed E-state index contributed by atoms with van der Waals surface area (Å²) in [6.45, 7) is 7.95. The minimum Gasteiger partial charge on any atom is -0.429 e. The Bertz CT molecular complexity index is 561. The van der Waals surface area contributed by atoms with Gasteiger partial charge in [-0.1, -0.05) is 19.9 Å². The van der Waals surface area contributed by atoms with E-state index in [1.54, 1.807) is 13.1 Å². The van der Waals surface area contributed by atoms with E-state index in [-0.39, 0.29) is 35.2 Å². The monoisotopic (exact) mass is 340 g/mol. The zero-order valence-electron chi connectivity index (χ0n) is 14.4. The molecule has 1 amide bonds. The van der Waals surface area contributed by atoms with Crippen molar-refractivity contribution in [3.8, 4) is 0 Å². The summed E-state index contributed by atoms with van der Waals surface area (Å²) in [4.78, 5) is 13.4. The van der Waals surface area contributed by atoms with Crippen molar-refractivity contribution in [1.82, 2.24) is 4.90 Å². The number of carbonyl (C=O) groups excluding carboxylic acids is 1. The molecule has 0 spiro atoms. The van der Waals surface area contributed by atoms with Gasteiger partial charge in [-0.25, -0.2) is 4.39 Å². The summed E-state index contributed by atoms with van der Waals surface area (Å²) >= 11 is 0. The molecule has 1 unspecified atom stereocenters. The fraction of sp³-hybridized carbons (Fsp3) is 0.562. The summed E-state index contributed by atoms with van der Waals surface area (Å²) < 4.78 is 19.9. The van der Waals surface area contributed by atoms with E-state index in [0.717, 1.165) is 0 Å². The van der Waals surface area contributed by atoms with Gasteiger partial charge >= 0.3 is 7.48 Å². The van der Waals surface area contributed by atoms with Crippen molar-refractivity contribution in [2.75, 3.05) is 20.2 Å². The molecule has 23 heavy (non-hydrogen) atoms.